The number of ether oxygens (including phenoxy) is 1. The van der Waals surface area contributed by atoms with Crippen molar-refractivity contribution in [2.75, 3.05) is 31.2 Å². The largest absolute Gasteiger partial charge is 0.411 e. The van der Waals surface area contributed by atoms with E-state index in [0.717, 1.165) is 4.90 Å². The van der Waals surface area contributed by atoms with Gasteiger partial charge in [-0.1, -0.05) is 18.2 Å². The minimum absolute atomic E-state index is 0.0632. The fourth-order valence-electron chi connectivity index (χ4n) is 2.30. The molecule has 1 saturated heterocycles. The monoisotopic (exact) mass is 302 g/mol. The number of urea groups is 1. The Kier molecular flexibility index (Phi) is 4.72. The van der Waals surface area contributed by atoms with E-state index in [9.17, 15) is 18.0 Å². The molecule has 1 aliphatic rings. The van der Waals surface area contributed by atoms with Gasteiger partial charge in [-0.25, -0.2) is 4.79 Å². The van der Waals surface area contributed by atoms with Gasteiger partial charge in [0.1, 0.15) is 0 Å². The molecule has 2 amide bonds. The highest BCUT2D eigenvalue weighted by molar-refractivity contribution is 5.92. The van der Waals surface area contributed by atoms with Crippen LogP contribution in [0.1, 0.15) is 6.92 Å². The van der Waals surface area contributed by atoms with E-state index >= 15 is 0 Å². The number of para-hydroxylation sites is 1. The molecule has 0 spiro atoms. The molecule has 116 valence electrons. The van der Waals surface area contributed by atoms with Crippen molar-refractivity contribution < 1.29 is 22.7 Å². The second kappa shape index (κ2) is 6.34. The van der Waals surface area contributed by atoms with Gasteiger partial charge in [0.25, 0.3) is 0 Å². The quantitative estimate of drug-likeness (QED) is 0.841. The van der Waals surface area contributed by atoms with Crippen LogP contribution in [0, 0.1) is 0 Å². The molecule has 2 rings (SSSR count). The van der Waals surface area contributed by atoms with Gasteiger partial charge in [0.2, 0.25) is 0 Å². The van der Waals surface area contributed by atoms with E-state index in [1.165, 1.54) is 4.90 Å². The number of hydrogen-bond acceptors (Lipinski definition) is 2. The van der Waals surface area contributed by atoms with Gasteiger partial charge in [-0.2, -0.15) is 13.2 Å². The van der Waals surface area contributed by atoms with Gasteiger partial charge in [-0.3, -0.25) is 4.90 Å². The molecule has 0 aliphatic carbocycles. The first-order chi connectivity index (χ1) is 9.95. The third-order valence-electron chi connectivity index (χ3n) is 3.37. The van der Waals surface area contributed by atoms with Crippen LogP contribution >= 0.6 is 0 Å². The highest BCUT2D eigenvalue weighted by Gasteiger charge is 2.48. The van der Waals surface area contributed by atoms with Crippen LogP contribution in [0.15, 0.2) is 30.3 Å². The zero-order valence-electron chi connectivity index (χ0n) is 11.6. The number of benzene rings is 1. The van der Waals surface area contributed by atoms with E-state index in [4.69, 9.17) is 4.74 Å². The van der Waals surface area contributed by atoms with Crippen molar-refractivity contribution in [2.45, 2.75) is 19.1 Å². The molecule has 4 nitrogen and oxygen atoms in total. The maximum absolute atomic E-state index is 13.0. The Morgan fingerprint density at radius 3 is 2.62 bits per heavy atom. The van der Waals surface area contributed by atoms with E-state index in [2.05, 4.69) is 0 Å². The number of anilines is 1. The summed E-state index contributed by atoms with van der Waals surface area (Å²) >= 11 is 0. The Bertz CT molecular complexity index is 479. The average molecular weight is 302 g/mol. The number of carbonyl (C=O) groups excluding carboxylic acids is 1. The smallest absolute Gasteiger partial charge is 0.377 e. The van der Waals surface area contributed by atoms with Crippen molar-refractivity contribution in [3.05, 3.63) is 30.3 Å². The summed E-state index contributed by atoms with van der Waals surface area (Å²) in [6.07, 6.45) is -4.49. The SMILES string of the molecule is CCN(C(=O)N1CCOCC1C(F)(F)F)c1ccccc1. The molecular weight excluding hydrogens is 285 g/mol. The van der Waals surface area contributed by atoms with Crippen molar-refractivity contribution in [3.63, 3.8) is 0 Å². The van der Waals surface area contributed by atoms with Crippen LogP contribution in [-0.4, -0.2) is 49.5 Å². The minimum Gasteiger partial charge on any atom is -0.377 e. The zero-order chi connectivity index (χ0) is 15.5. The zero-order valence-corrected chi connectivity index (χ0v) is 11.6. The lowest BCUT2D eigenvalue weighted by Gasteiger charge is -2.39. The van der Waals surface area contributed by atoms with Gasteiger partial charge in [0, 0.05) is 18.8 Å². The molecule has 0 bridgehead atoms. The van der Waals surface area contributed by atoms with Crippen LogP contribution in [0.25, 0.3) is 0 Å². The Morgan fingerprint density at radius 2 is 2.05 bits per heavy atom. The predicted molar refractivity (Wildman–Crippen MR) is 72.2 cm³/mol. The highest BCUT2D eigenvalue weighted by atomic mass is 19.4. The van der Waals surface area contributed by atoms with E-state index in [-0.39, 0.29) is 13.2 Å². The molecule has 0 radical (unpaired) electrons. The van der Waals surface area contributed by atoms with Gasteiger partial charge in [0.05, 0.1) is 13.2 Å². The third-order valence-corrected chi connectivity index (χ3v) is 3.37. The van der Waals surface area contributed by atoms with Crippen molar-refractivity contribution in [1.29, 1.82) is 0 Å². The third kappa shape index (κ3) is 3.47. The number of alkyl halides is 3. The summed E-state index contributed by atoms with van der Waals surface area (Å²) in [7, 11) is 0. The van der Waals surface area contributed by atoms with Gasteiger partial charge >= 0.3 is 12.2 Å². The molecule has 0 aromatic heterocycles. The summed E-state index contributed by atoms with van der Waals surface area (Å²) in [5, 5.41) is 0. The number of hydrogen-bond donors (Lipinski definition) is 0. The van der Waals surface area contributed by atoms with Crippen molar-refractivity contribution >= 4 is 11.7 Å². The van der Waals surface area contributed by atoms with Gasteiger partial charge < -0.3 is 9.64 Å². The van der Waals surface area contributed by atoms with Crippen LogP contribution in [0.3, 0.4) is 0 Å². The second-order valence-electron chi connectivity index (χ2n) is 4.69. The Balaban J connectivity index is 2.23. The maximum atomic E-state index is 13.0. The molecule has 21 heavy (non-hydrogen) atoms. The number of carbonyl (C=O) groups is 1. The lowest BCUT2D eigenvalue weighted by molar-refractivity contribution is -0.201. The average Bonchev–Trinajstić information content (AvgIpc) is 2.48. The topological polar surface area (TPSA) is 32.8 Å². The fraction of sp³-hybridized carbons (Fsp3) is 0.500. The lowest BCUT2D eigenvalue weighted by Crippen LogP contribution is -2.59. The summed E-state index contributed by atoms with van der Waals surface area (Å²) in [6, 6.07) is 6.13. The summed E-state index contributed by atoms with van der Waals surface area (Å²) in [5.41, 5.74) is 0.581. The first-order valence-electron chi connectivity index (χ1n) is 6.72. The van der Waals surface area contributed by atoms with Crippen LogP contribution in [0.5, 0.6) is 0 Å². The van der Waals surface area contributed by atoms with Gasteiger partial charge in [-0.05, 0) is 19.1 Å². The Labute approximate surface area is 121 Å². The summed E-state index contributed by atoms with van der Waals surface area (Å²) in [5.74, 6) is 0. The predicted octanol–water partition coefficient (Wildman–Crippen LogP) is 2.90. The molecule has 0 N–H and O–H groups in total. The van der Waals surface area contributed by atoms with Gasteiger partial charge in [-0.15, -0.1) is 0 Å². The van der Waals surface area contributed by atoms with E-state index < -0.39 is 24.9 Å². The fourth-order valence-corrected chi connectivity index (χ4v) is 2.30. The molecule has 1 atom stereocenters. The Hall–Kier alpha value is -1.76. The van der Waals surface area contributed by atoms with Crippen LogP contribution in [0.2, 0.25) is 0 Å². The van der Waals surface area contributed by atoms with Crippen LogP contribution in [-0.2, 0) is 4.74 Å². The van der Waals surface area contributed by atoms with E-state index in [1.54, 1.807) is 37.3 Å². The molecule has 1 unspecified atom stereocenters. The second-order valence-corrected chi connectivity index (χ2v) is 4.69. The first kappa shape index (κ1) is 15.6. The van der Waals surface area contributed by atoms with Crippen LogP contribution < -0.4 is 4.90 Å². The molecule has 1 heterocycles. The maximum Gasteiger partial charge on any atom is 0.411 e. The molecule has 1 aliphatic heterocycles. The van der Waals surface area contributed by atoms with E-state index in [1.807, 2.05) is 0 Å². The van der Waals surface area contributed by atoms with Crippen molar-refractivity contribution in [1.82, 2.24) is 4.90 Å². The molecule has 1 aromatic rings. The summed E-state index contributed by atoms with van der Waals surface area (Å²) in [6.45, 7) is 1.57. The number of morpholine rings is 1. The standard InChI is InChI=1S/C14H17F3N2O2/c1-2-18(11-6-4-3-5-7-11)13(20)19-8-9-21-10-12(19)14(15,16)17/h3-7,12H,2,8-10H2,1H3. The normalized spacial score (nSPS) is 19.4. The minimum atomic E-state index is -4.49. The molecule has 7 heteroatoms. The molecular formula is C14H17F3N2O2. The summed E-state index contributed by atoms with van der Waals surface area (Å²) < 4.78 is 44.0. The number of halogens is 3. The number of nitrogens with zero attached hydrogens (tertiary/aromatic N) is 2. The highest BCUT2D eigenvalue weighted by Crippen LogP contribution is 2.28. The van der Waals surface area contributed by atoms with Crippen molar-refractivity contribution in [3.8, 4) is 0 Å². The Morgan fingerprint density at radius 1 is 1.38 bits per heavy atom. The summed E-state index contributed by atoms with van der Waals surface area (Å²) in [4.78, 5) is 14.7. The lowest BCUT2D eigenvalue weighted by atomic mass is 10.2. The van der Waals surface area contributed by atoms with Gasteiger partial charge in [0.15, 0.2) is 6.04 Å². The number of rotatable bonds is 2. The number of amides is 2. The molecule has 0 saturated carbocycles. The first-order valence-corrected chi connectivity index (χ1v) is 6.72. The van der Waals surface area contributed by atoms with Crippen LogP contribution in [0.4, 0.5) is 23.7 Å². The molecule has 1 fully saturated rings. The van der Waals surface area contributed by atoms with E-state index in [0.29, 0.717) is 12.2 Å². The van der Waals surface area contributed by atoms with Crippen molar-refractivity contribution in [2.24, 2.45) is 0 Å². The molecule has 1 aromatic carbocycles.